The molecule has 0 aliphatic heterocycles. The van der Waals surface area contributed by atoms with Crippen LogP contribution in [0.25, 0.3) is 22.5 Å². The van der Waals surface area contributed by atoms with Gasteiger partial charge in [0.1, 0.15) is 5.75 Å². The van der Waals surface area contributed by atoms with Crippen LogP contribution >= 0.6 is 11.8 Å². The van der Waals surface area contributed by atoms with Crippen LogP contribution in [0.4, 0.5) is 5.69 Å². The molecule has 0 radical (unpaired) electrons. The molecule has 7 nitrogen and oxygen atoms in total. The minimum atomic E-state index is -0.153. The van der Waals surface area contributed by atoms with Gasteiger partial charge in [0.2, 0.25) is 11.1 Å². The first-order valence-electron chi connectivity index (χ1n) is 9.57. The van der Waals surface area contributed by atoms with E-state index < -0.39 is 0 Å². The molecule has 31 heavy (non-hydrogen) atoms. The molecule has 0 saturated heterocycles. The van der Waals surface area contributed by atoms with Crippen molar-refractivity contribution in [2.45, 2.75) is 5.16 Å². The molecule has 0 spiro atoms. The summed E-state index contributed by atoms with van der Waals surface area (Å²) in [5.41, 5.74) is 3.68. The number of amides is 1. The lowest BCUT2D eigenvalue weighted by molar-refractivity contribution is -0.113. The fourth-order valence-electron chi connectivity index (χ4n) is 3.09. The van der Waals surface area contributed by atoms with E-state index in [0.29, 0.717) is 16.7 Å². The van der Waals surface area contributed by atoms with Gasteiger partial charge in [-0.25, -0.2) is 4.68 Å². The number of carbonyl (C=O) groups is 1. The number of hydrogen-bond acceptors (Lipinski definition) is 6. The lowest BCUT2D eigenvalue weighted by atomic mass is 10.1. The highest BCUT2D eigenvalue weighted by Crippen LogP contribution is 2.29. The zero-order valence-corrected chi connectivity index (χ0v) is 17.7. The van der Waals surface area contributed by atoms with Crippen LogP contribution in [0.3, 0.4) is 0 Å². The van der Waals surface area contributed by atoms with Crippen LogP contribution in [0.5, 0.6) is 5.75 Å². The Kier molecular flexibility index (Phi) is 6.18. The topological polar surface area (TPSA) is 95.1 Å². The lowest BCUT2D eigenvalue weighted by Gasteiger charge is -2.08. The first kappa shape index (κ1) is 20.5. The molecule has 3 aromatic carbocycles. The van der Waals surface area contributed by atoms with Crippen LogP contribution in [-0.4, -0.2) is 33.6 Å². The van der Waals surface area contributed by atoms with Gasteiger partial charge in [-0.15, -0.1) is 10.2 Å². The third-order valence-electron chi connectivity index (χ3n) is 4.62. The van der Waals surface area contributed by atoms with E-state index in [-0.39, 0.29) is 11.7 Å². The van der Waals surface area contributed by atoms with Gasteiger partial charge in [-0.05, 0) is 35.4 Å². The Labute approximate surface area is 184 Å². The fourth-order valence-corrected chi connectivity index (χ4v) is 3.75. The molecule has 4 aromatic rings. The van der Waals surface area contributed by atoms with E-state index in [4.69, 9.17) is 10.6 Å². The average Bonchev–Trinajstić information content (AvgIpc) is 3.18. The van der Waals surface area contributed by atoms with Crippen molar-refractivity contribution in [3.8, 4) is 28.3 Å². The molecule has 0 fully saturated rings. The van der Waals surface area contributed by atoms with Crippen molar-refractivity contribution in [1.82, 2.24) is 14.9 Å². The molecule has 1 amide bonds. The predicted molar refractivity (Wildman–Crippen MR) is 123 cm³/mol. The summed E-state index contributed by atoms with van der Waals surface area (Å²) in [7, 11) is 1.59. The molecule has 156 valence electrons. The Morgan fingerprint density at radius 1 is 0.968 bits per heavy atom. The SMILES string of the molecule is COc1ccccc1-c1nnc(SCC(=O)Nc2ccc(-c3ccccc3)cc2)n1N. The molecule has 4 rings (SSSR count). The number of nitrogen functional groups attached to an aromatic ring is 1. The number of nitrogens with two attached hydrogens (primary N) is 1. The normalized spacial score (nSPS) is 10.6. The number of methoxy groups -OCH3 is 1. The van der Waals surface area contributed by atoms with E-state index >= 15 is 0 Å². The van der Waals surface area contributed by atoms with Crippen molar-refractivity contribution in [3.05, 3.63) is 78.9 Å². The second kappa shape index (κ2) is 9.36. The number of aromatic nitrogens is 3. The maximum Gasteiger partial charge on any atom is 0.234 e. The summed E-state index contributed by atoms with van der Waals surface area (Å²) in [6.45, 7) is 0. The molecule has 0 aliphatic carbocycles. The second-order valence-corrected chi connectivity index (χ2v) is 7.60. The van der Waals surface area contributed by atoms with E-state index in [1.165, 1.54) is 16.4 Å². The zero-order chi connectivity index (χ0) is 21.6. The quantitative estimate of drug-likeness (QED) is 0.338. The van der Waals surface area contributed by atoms with Crippen molar-refractivity contribution in [2.24, 2.45) is 0 Å². The Morgan fingerprint density at radius 2 is 1.65 bits per heavy atom. The molecule has 3 N–H and O–H groups in total. The third kappa shape index (κ3) is 4.70. The lowest BCUT2D eigenvalue weighted by Crippen LogP contribution is -2.16. The maximum atomic E-state index is 12.4. The molecular formula is C23H21N5O2S. The number of carbonyl (C=O) groups excluding carboxylic acids is 1. The molecule has 0 atom stereocenters. The summed E-state index contributed by atoms with van der Waals surface area (Å²) < 4.78 is 6.72. The summed E-state index contributed by atoms with van der Waals surface area (Å²) in [6, 6.07) is 25.2. The highest BCUT2D eigenvalue weighted by molar-refractivity contribution is 7.99. The van der Waals surface area contributed by atoms with Crippen LogP contribution in [-0.2, 0) is 4.79 Å². The van der Waals surface area contributed by atoms with Crippen LogP contribution in [0.1, 0.15) is 0 Å². The number of nitrogens with one attached hydrogen (secondary N) is 1. The maximum absolute atomic E-state index is 12.4. The Bertz CT molecular complexity index is 1180. The van der Waals surface area contributed by atoms with Gasteiger partial charge in [-0.2, -0.15) is 0 Å². The molecule has 1 aromatic heterocycles. The van der Waals surface area contributed by atoms with Gasteiger partial charge in [0.05, 0.1) is 18.4 Å². The van der Waals surface area contributed by atoms with Crippen LogP contribution in [0.2, 0.25) is 0 Å². The van der Waals surface area contributed by atoms with Gasteiger partial charge in [-0.1, -0.05) is 66.4 Å². The molecule has 0 bridgehead atoms. The Morgan fingerprint density at radius 3 is 2.39 bits per heavy atom. The number of ether oxygens (including phenoxy) is 1. The Hall–Kier alpha value is -3.78. The van der Waals surface area contributed by atoms with Crippen molar-refractivity contribution < 1.29 is 9.53 Å². The number of para-hydroxylation sites is 1. The average molecular weight is 432 g/mol. The van der Waals surface area contributed by atoms with Gasteiger partial charge in [0.15, 0.2) is 5.82 Å². The van der Waals surface area contributed by atoms with E-state index in [1.807, 2.05) is 78.9 Å². The van der Waals surface area contributed by atoms with E-state index in [0.717, 1.165) is 22.4 Å². The second-order valence-electron chi connectivity index (χ2n) is 6.66. The molecule has 0 saturated carbocycles. The van der Waals surface area contributed by atoms with Crippen LogP contribution in [0.15, 0.2) is 84.0 Å². The summed E-state index contributed by atoms with van der Waals surface area (Å²) in [5.74, 6) is 7.27. The fraction of sp³-hybridized carbons (Fsp3) is 0.0870. The van der Waals surface area contributed by atoms with Gasteiger partial charge in [-0.3, -0.25) is 4.79 Å². The number of hydrogen-bond donors (Lipinski definition) is 2. The highest BCUT2D eigenvalue weighted by atomic mass is 32.2. The smallest absolute Gasteiger partial charge is 0.234 e. The molecular weight excluding hydrogens is 410 g/mol. The molecule has 0 aliphatic rings. The molecule has 8 heteroatoms. The van der Waals surface area contributed by atoms with Gasteiger partial charge in [0, 0.05) is 5.69 Å². The van der Waals surface area contributed by atoms with Crippen LogP contribution in [0, 0.1) is 0 Å². The van der Waals surface area contributed by atoms with Crippen molar-refractivity contribution in [2.75, 3.05) is 24.0 Å². The van der Waals surface area contributed by atoms with Gasteiger partial charge >= 0.3 is 0 Å². The largest absolute Gasteiger partial charge is 0.496 e. The van der Waals surface area contributed by atoms with Crippen molar-refractivity contribution in [3.63, 3.8) is 0 Å². The zero-order valence-electron chi connectivity index (χ0n) is 16.9. The minimum absolute atomic E-state index is 0.153. The summed E-state index contributed by atoms with van der Waals surface area (Å²) in [4.78, 5) is 12.4. The van der Waals surface area contributed by atoms with E-state index in [1.54, 1.807) is 7.11 Å². The van der Waals surface area contributed by atoms with Crippen LogP contribution < -0.4 is 15.9 Å². The molecule has 1 heterocycles. The number of thioether (sulfide) groups is 1. The first-order valence-corrected chi connectivity index (χ1v) is 10.6. The first-order chi connectivity index (χ1) is 15.2. The summed E-state index contributed by atoms with van der Waals surface area (Å²) >= 11 is 1.21. The molecule has 0 unspecified atom stereocenters. The highest BCUT2D eigenvalue weighted by Gasteiger charge is 2.16. The summed E-state index contributed by atoms with van der Waals surface area (Å²) in [5, 5.41) is 11.6. The number of nitrogens with zero attached hydrogens (tertiary/aromatic N) is 3. The minimum Gasteiger partial charge on any atom is -0.496 e. The van der Waals surface area contributed by atoms with E-state index in [9.17, 15) is 4.79 Å². The number of benzene rings is 3. The van der Waals surface area contributed by atoms with Gasteiger partial charge in [0.25, 0.3) is 0 Å². The third-order valence-corrected chi connectivity index (χ3v) is 5.56. The monoisotopic (exact) mass is 431 g/mol. The number of anilines is 1. The van der Waals surface area contributed by atoms with Gasteiger partial charge < -0.3 is 15.9 Å². The van der Waals surface area contributed by atoms with E-state index in [2.05, 4.69) is 15.5 Å². The number of rotatable bonds is 7. The standard InChI is InChI=1S/C23H21N5O2S/c1-30-20-10-6-5-9-19(20)22-26-27-23(28(22)24)31-15-21(29)25-18-13-11-17(12-14-18)16-7-3-2-4-8-16/h2-14H,15,24H2,1H3,(H,25,29). The van der Waals surface area contributed by atoms with Crippen molar-refractivity contribution >= 4 is 23.4 Å². The Balaban J connectivity index is 1.38. The predicted octanol–water partition coefficient (Wildman–Crippen LogP) is 4.07. The van der Waals surface area contributed by atoms with Crippen molar-refractivity contribution in [1.29, 1.82) is 0 Å². The summed E-state index contributed by atoms with van der Waals surface area (Å²) in [6.07, 6.45) is 0.